The lowest BCUT2D eigenvalue weighted by Crippen LogP contribution is -2.42. The zero-order valence-electron chi connectivity index (χ0n) is 11.9. The van der Waals surface area contributed by atoms with Crippen molar-refractivity contribution >= 4 is 17.8 Å². The van der Waals surface area contributed by atoms with Crippen molar-refractivity contribution in [2.75, 3.05) is 6.54 Å². The summed E-state index contributed by atoms with van der Waals surface area (Å²) in [5.74, 6) is -1.15. The topological polar surface area (TPSA) is 74.7 Å². The molecule has 5 nitrogen and oxygen atoms in total. The highest BCUT2D eigenvalue weighted by molar-refractivity contribution is 6.09. The van der Waals surface area contributed by atoms with Crippen LogP contribution in [0.4, 0.5) is 0 Å². The largest absolute Gasteiger partial charge is 0.481 e. The lowest BCUT2D eigenvalue weighted by Gasteiger charge is -2.26. The maximum Gasteiger partial charge on any atom is 0.303 e. The molecule has 0 atom stereocenters. The molecule has 5 heteroatoms. The van der Waals surface area contributed by atoms with E-state index in [1.807, 2.05) is 12.1 Å². The van der Waals surface area contributed by atoms with Crippen LogP contribution in [0.3, 0.4) is 0 Å². The molecule has 0 saturated carbocycles. The number of amides is 2. The number of nitrogens with zero attached hydrogens (tertiary/aromatic N) is 1. The van der Waals surface area contributed by atoms with Crippen LogP contribution < -0.4 is 0 Å². The minimum absolute atomic E-state index is 0.149. The van der Waals surface area contributed by atoms with Crippen LogP contribution in [0.1, 0.15) is 48.0 Å². The van der Waals surface area contributed by atoms with Gasteiger partial charge in [0.2, 0.25) is 5.91 Å². The Bertz CT molecular complexity index is 553. The second kappa shape index (κ2) is 7.02. The number of hydrogen-bond donors (Lipinski definition) is 1. The number of benzene rings is 1. The number of fused-ring (bicyclic) bond motifs is 1. The van der Waals surface area contributed by atoms with Gasteiger partial charge < -0.3 is 5.11 Å². The third kappa shape index (κ3) is 3.90. The molecular weight excluding hydrogens is 270 g/mol. The van der Waals surface area contributed by atoms with Gasteiger partial charge in [-0.1, -0.05) is 31.0 Å². The first kappa shape index (κ1) is 15.2. The van der Waals surface area contributed by atoms with Gasteiger partial charge in [-0.25, -0.2) is 0 Å². The van der Waals surface area contributed by atoms with Crippen LogP contribution in [0.2, 0.25) is 0 Å². The van der Waals surface area contributed by atoms with Crippen molar-refractivity contribution in [2.45, 2.75) is 38.5 Å². The summed E-state index contributed by atoms with van der Waals surface area (Å²) in [5, 5.41) is 8.54. The average Bonchev–Trinajstić information content (AvgIpc) is 2.45. The zero-order valence-corrected chi connectivity index (χ0v) is 11.9. The fraction of sp³-hybridized carbons (Fsp3) is 0.438. The number of imide groups is 1. The molecule has 1 aliphatic heterocycles. The van der Waals surface area contributed by atoms with E-state index in [0.29, 0.717) is 18.5 Å². The molecule has 2 rings (SSSR count). The number of carbonyl (C=O) groups is 3. The summed E-state index contributed by atoms with van der Waals surface area (Å²) in [7, 11) is 0. The molecule has 1 aromatic carbocycles. The van der Waals surface area contributed by atoms with E-state index in [1.165, 1.54) is 4.90 Å². The predicted molar refractivity (Wildman–Crippen MR) is 76.9 cm³/mol. The van der Waals surface area contributed by atoms with Crippen molar-refractivity contribution in [2.24, 2.45) is 0 Å². The fourth-order valence-corrected chi connectivity index (χ4v) is 2.53. The van der Waals surface area contributed by atoms with E-state index in [4.69, 9.17) is 5.11 Å². The molecule has 112 valence electrons. The van der Waals surface area contributed by atoms with E-state index < -0.39 is 5.97 Å². The van der Waals surface area contributed by atoms with Gasteiger partial charge in [0.15, 0.2) is 0 Å². The molecule has 1 heterocycles. The lowest BCUT2D eigenvalue weighted by atomic mass is 9.98. The van der Waals surface area contributed by atoms with E-state index in [-0.39, 0.29) is 24.7 Å². The second-order valence-corrected chi connectivity index (χ2v) is 5.24. The molecule has 21 heavy (non-hydrogen) atoms. The van der Waals surface area contributed by atoms with E-state index in [1.54, 1.807) is 12.1 Å². The van der Waals surface area contributed by atoms with Crippen molar-refractivity contribution in [1.29, 1.82) is 0 Å². The summed E-state index contributed by atoms with van der Waals surface area (Å²) in [5.41, 5.74) is 1.41. The normalized spacial score (nSPS) is 14.2. The third-order valence-corrected chi connectivity index (χ3v) is 3.66. The first-order valence-electron chi connectivity index (χ1n) is 7.24. The van der Waals surface area contributed by atoms with E-state index in [0.717, 1.165) is 24.8 Å². The Balaban J connectivity index is 1.83. The van der Waals surface area contributed by atoms with Gasteiger partial charge in [0.25, 0.3) is 5.91 Å². The van der Waals surface area contributed by atoms with Crippen LogP contribution >= 0.6 is 0 Å². The van der Waals surface area contributed by atoms with Crippen LogP contribution in [0, 0.1) is 0 Å². The molecule has 1 N–H and O–H groups in total. The summed E-state index contributed by atoms with van der Waals surface area (Å²) < 4.78 is 0. The number of carbonyl (C=O) groups excluding carboxylic acids is 2. The number of unbranched alkanes of at least 4 members (excludes halogenated alkanes) is 3. The Hall–Kier alpha value is -2.17. The van der Waals surface area contributed by atoms with Crippen molar-refractivity contribution in [3.63, 3.8) is 0 Å². The minimum atomic E-state index is -0.784. The first-order valence-corrected chi connectivity index (χ1v) is 7.24. The molecule has 0 bridgehead atoms. The quantitative estimate of drug-likeness (QED) is 0.617. The first-order chi connectivity index (χ1) is 10.1. The van der Waals surface area contributed by atoms with Gasteiger partial charge in [-0.05, 0) is 24.5 Å². The number of rotatable bonds is 7. The Morgan fingerprint density at radius 3 is 2.57 bits per heavy atom. The number of hydrogen-bond acceptors (Lipinski definition) is 3. The maximum atomic E-state index is 12.3. The molecule has 0 saturated heterocycles. The Kier molecular flexibility index (Phi) is 5.09. The highest BCUT2D eigenvalue weighted by Gasteiger charge is 2.29. The summed E-state index contributed by atoms with van der Waals surface area (Å²) in [6.07, 6.45) is 3.44. The fourth-order valence-electron chi connectivity index (χ4n) is 2.53. The van der Waals surface area contributed by atoms with Crippen molar-refractivity contribution in [3.8, 4) is 0 Å². The monoisotopic (exact) mass is 289 g/mol. The molecule has 0 aliphatic carbocycles. The predicted octanol–water partition coefficient (Wildman–Crippen LogP) is 2.25. The Labute approximate surface area is 123 Å². The Morgan fingerprint density at radius 2 is 1.81 bits per heavy atom. The van der Waals surface area contributed by atoms with E-state index >= 15 is 0 Å². The molecule has 1 aromatic rings. The summed E-state index contributed by atoms with van der Waals surface area (Å²) in [6.45, 7) is 0.416. The van der Waals surface area contributed by atoms with Gasteiger partial charge in [-0.3, -0.25) is 19.3 Å². The highest BCUT2D eigenvalue weighted by atomic mass is 16.4. The number of carboxylic acid groups (broad SMARTS) is 1. The minimum Gasteiger partial charge on any atom is -0.481 e. The summed E-state index contributed by atoms with van der Waals surface area (Å²) >= 11 is 0. The van der Waals surface area contributed by atoms with Gasteiger partial charge in [0.05, 0.1) is 6.42 Å². The number of carboxylic acids is 1. The highest BCUT2D eigenvalue weighted by Crippen LogP contribution is 2.20. The van der Waals surface area contributed by atoms with Crippen LogP contribution in [-0.2, 0) is 16.0 Å². The van der Waals surface area contributed by atoms with E-state index in [2.05, 4.69) is 0 Å². The molecule has 0 fully saturated rings. The van der Waals surface area contributed by atoms with Crippen LogP contribution in [0.5, 0.6) is 0 Å². The van der Waals surface area contributed by atoms with Crippen LogP contribution in [0.25, 0.3) is 0 Å². The maximum absolute atomic E-state index is 12.3. The van der Waals surface area contributed by atoms with Gasteiger partial charge in [-0.15, -0.1) is 0 Å². The van der Waals surface area contributed by atoms with Gasteiger partial charge >= 0.3 is 5.97 Å². The number of aliphatic carboxylic acids is 1. The standard InChI is InChI=1S/C16H19NO4/c18-14-11-12-7-4-5-8-13(12)16(21)17(14)10-6-2-1-3-9-15(19)20/h4-5,7-8H,1-3,6,9-11H2,(H,19,20). The molecule has 1 aliphatic rings. The summed E-state index contributed by atoms with van der Waals surface area (Å²) in [4.78, 5) is 36.0. The smallest absolute Gasteiger partial charge is 0.303 e. The van der Waals surface area contributed by atoms with E-state index in [9.17, 15) is 14.4 Å². The van der Waals surface area contributed by atoms with Crippen molar-refractivity contribution < 1.29 is 19.5 Å². The molecular formula is C16H19NO4. The zero-order chi connectivity index (χ0) is 15.2. The van der Waals surface area contributed by atoms with Crippen molar-refractivity contribution in [3.05, 3.63) is 35.4 Å². The SMILES string of the molecule is O=C(O)CCCCCCN1C(=O)Cc2ccccc2C1=O. The van der Waals surface area contributed by atoms with Crippen LogP contribution in [0.15, 0.2) is 24.3 Å². The Morgan fingerprint density at radius 1 is 1.10 bits per heavy atom. The average molecular weight is 289 g/mol. The third-order valence-electron chi connectivity index (χ3n) is 3.66. The molecule has 0 unspecified atom stereocenters. The lowest BCUT2D eigenvalue weighted by molar-refractivity contribution is -0.137. The molecule has 0 radical (unpaired) electrons. The van der Waals surface area contributed by atoms with Gasteiger partial charge in [0.1, 0.15) is 0 Å². The van der Waals surface area contributed by atoms with Crippen molar-refractivity contribution in [1.82, 2.24) is 4.90 Å². The molecule has 0 aromatic heterocycles. The van der Waals surface area contributed by atoms with Gasteiger partial charge in [0, 0.05) is 18.5 Å². The molecule has 2 amide bonds. The van der Waals surface area contributed by atoms with Gasteiger partial charge in [-0.2, -0.15) is 0 Å². The second-order valence-electron chi connectivity index (χ2n) is 5.24. The van der Waals surface area contributed by atoms with Crippen LogP contribution in [-0.4, -0.2) is 34.3 Å². The molecule has 0 spiro atoms. The summed E-state index contributed by atoms with van der Waals surface area (Å²) in [6, 6.07) is 7.20.